The summed E-state index contributed by atoms with van der Waals surface area (Å²) < 4.78 is 0. The molecule has 0 amide bonds. The highest BCUT2D eigenvalue weighted by Gasteiger charge is 2.24. The van der Waals surface area contributed by atoms with E-state index in [-0.39, 0.29) is 11.4 Å². The van der Waals surface area contributed by atoms with E-state index in [1.165, 1.54) is 49.7 Å². The van der Waals surface area contributed by atoms with E-state index in [0.717, 1.165) is 25.1 Å². The first-order valence-electron chi connectivity index (χ1n) is 14.7. The molecule has 1 aliphatic carbocycles. The van der Waals surface area contributed by atoms with Crippen molar-refractivity contribution >= 4 is 23.0 Å². The molecule has 2 aromatic rings. The quantitative estimate of drug-likeness (QED) is 0.294. The third-order valence-corrected chi connectivity index (χ3v) is 9.14. The van der Waals surface area contributed by atoms with Crippen LogP contribution in [0.1, 0.15) is 41.8 Å². The number of hydrogen-bond donors (Lipinski definition) is 2. The number of nitrogens with one attached hydrogen (secondary N) is 2. The first-order valence-corrected chi connectivity index (χ1v) is 15.6. The molecule has 2 aromatic carbocycles. The molecule has 0 aromatic heterocycles. The maximum absolute atomic E-state index is 4.09. The molecule has 2 aliphatic heterocycles. The standard InChI is InChI=1S/C38H41N3S/c1-6-28(35-21-20-34(22-27(35)4)41(5)33-18-14-9-10-15-19-33)23-30-24-32(7-2)39-26-31(30)25-37-36(8-3)40-38(42-37)29-16-12-11-13-17-29/h7-9,11-25,32,38-40H,2-3,6,10,26H2,1,4-5H3/b28-23+,31-25+. The van der Waals surface area contributed by atoms with Crippen LogP contribution in [0.15, 0.2) is 150 Å². The maximum atomic E-state index is 4.09. The highest BCUT2D eigenvalue weighted by Crippen LogP contribution is 2.42. The predicted octanol–water partition coefficient (Wildman–Crippen LogP) is 9.07. The van der Waals surface area contributed by atoms with Crippen LogP contribution in [-0.4, -0.2) is 19.6 Å². The van der Waals surface area contributed by atoms with Gasteiger partial charge in [0.05, 0.1) is 0 Å². The first kappa shape index (κ1) is 29.5. The molecule has 4 heteroatoms. The monoisotopic (exact) mass is 571 g/mol. The number of benzene rings is 2. The zero-order valence-corrected chi connectivity index (χ0v) is 25.8. The van der Waals surface area contributed by atoms with Crippen LogP contribution in [0.3, 0.4) is 0 Å². The van der Waals surface area contributed by atoms with Gasteiger partial charge < -0.3 is 15.5 Å². The average Bonchev–Trinajstić information content (AvgIpc) is 3.23. The summed E-state index contributed by atoms with van der Waals surface area (Å²) in [6.07, 6.45) is 23.7. The maximum Gasteiger partial charge on any atom is 0.103 e. The van der Waals surface area contributed by atoms with E-state index in [2.05, 4.69) is 147 Å². The second-order valence-electron chi connectivity index (χ2n) is 10.7. The number of aryl methyl sites for hydroxylation is 1. The van der Waals surface area contributed by atoms with E-state index >= 15 is 0 Å². The summed E-state index contributed by atoms with van der Waals surface area (Å²) in [6.45, 7) is 13.4. The molecule has 0 saturated carbocycles. The Labute approximate surface area is 256 Å². The van der Waals surface area contributed by atoms with Crippen LogP contribution in [0.5, 0.6) is 0 Å². The Hall–Kier alpha value is -3.99. The number of thioether (sulfide) groups is 1. The number of rotatable bonds is 9. The molecule has 42 heavy (non-hydrogen) atoms. The second-order valence-corrected chi connectivity index (χ2v) is 11.9. The van der Waals surface area contributed by atoms with Crippen LogP contribution >= 0.6 is 11.8 Å². The van der Waals surface area contributed by atoms with E-state index in [4.69, 9.17) is 0 Å². The summed E-state index contributed by atoms with van der Waals surface area (Å²) in [5.41, 5.74) is 11.1. The molecule has 0 saturated heterocycles. The molecule has 2 heterocycles. The Balaban J connectivity index is 1.45. The summed E-state index contributed by atoms with van der Waals surface area (Å²) in [6, 6.07) is 17.5. The molecule has 2 atom stereocenters. The van der Waals surface area contributed by atoms with Crippen molar-refractivity contribution in [3.63, 3.8) is 0 Å². The highest BCUT2D eigenvalue weighted by molar-refractivity contribution is 8.03. The topological polar surface area (TPSA) is 27.3 Å². The summed E-state index contributed by atoms with van der Waals surface area (Å²) >= 11 is 1.85. The largest absolute Gasteiger partial charge is 0.368 e. The van der Waals surface area contributed by atoms with E-state index in [1.54, 1.807) is 0 Å². The molecule has 5 rings (SSSR count). The molecule has 0 bridgehead atoms. The third-order valence-electron chi connectivity index (χ3n) is 7.93. The van der Waals surface area contributed by atoms with Crippen LogP contribution in [0, 0.1) is 6.92 Å². The number of likely N-dealkylation sites (N-methyl/N-ethyl adjacent to an activating group) is 1. The van der Waals surface area contributed by atoms with Crippen LogP contribution < -0.4 is 15.5 Å². The van der Waals surface area contributed by atoms with Crippen molar-refractivity contribution in [1.82, 2.24) is 10.6 Å². The molecular formula is C38H41N3S. The van der Waals surface area contributed by atoms with Crippen LogP contribution in [0.2, 0.25) is 0 Å². The van der Waals surface area contributed by atoms with E-state index in [0.29, 0.717) is 0 Å². The van der Waals surface area contributed by atoms with Gasteiger partial charge in [0.2, 0.25) is 0 Å². The fourth-order valence-electron chi connectivity index (χ4n) is 5.47. The van der Waals surface area contributed by atoms with Crippen molar-refractivity contribution in [3.05, 3.63) is 167 Å². The zero-order valence-electron chi connectivity index (χ0n) is 24.9. The SMILES string of the molecule is C=CC1=C(/C=C2\CNC(C=C)C=C2/C=C(\CC)c2ccc(N(C)C3=CC=CCC=C3)cc2C)SC(c2ccccc2)N1. The second kappa shape index (κ2) is 13.8. The third kappa shape index (κ3) is 6.73. The minimum atomic E-state index is 0.137. The van der Waals surface area contributed by atoms with E-state index < -0.39 is 0 Å². The molecule has 0 fully saturated rings. The van der Waals surface area contributed by atoms with Crippen molar-refractivity contribution in [3.8, 4) is 0 Å². The summed E-state index contributed by atoms with van der Waals surface area (Å²) in [7, 11) is 2.14. The van der Waals surface area contributed by atoms with Crippen molar-refractivity contribution in [2.75, 3.05) is 18.5 Å². The summed E-state index contributed by atoms with van der Waals surface area (Å²) in [5, 5.41) is 7.43. The molecule has 3 nitrogen and oxygen atoms in total. The lowest BCUT2D eigenvalue weighted by Crippen LogP contribution is -2.32. The summed E-state index contributed by atoms with van der Waals surface area (Å²) in [4.78, 5) is 3.47. The van der Waals surface area contributed by atoms with Gasteiger partial charge in [-0.3, -0.25) is 0 Å². The molecular weight excluding hydrogens is 531 g/mol. The lowest BCUT2D eigenvalue weighted by molar-refractivity contribution is 0.700. The van der Waals surface area contributed by atoms with Crippen molar-refractivity contribution in [1.29, 1.82) is 0 Å². The van der Waals surface area contributed by atoms with Crippen molar-refractivity contribution in [2.24, 2.45) is 0 Å². The molecule has 2 N–H and O–H groups in total. The predicted molar refractivity (Wildman–Crippen MR) is 184 cm³/mol. The van der Waals surface area contributed by atoms with Gasteiger partial charge in [0.25, 0.3) is 0 Å². The van der Waals surface area contributed by atoms with Gasteiger partial charge >= 0.3 is 0 Å². The van der Waals surface area contributed by atoms with Gasteiger partial charge in [-0.1, -0.05) is 98.1 Å². The Morgan fingerprint density at radius 3 is 2.69 bits per heavy atom. The number of nitrogens with zero attached hydrogens (tertiary/aromatic N) is 1. The Morgan fingerprint density at radius 1 is 1.12 bits per heavy atom. The number of hydrogen-bond acceptors (Lipinski definition) is 4. The van der Waals surface area contributed by atoms with E-state index in [1.807, 2.05) is 23.9 Å². The Kier molecular flexibility index (Phi) is 9.68. The molecule has 214 valence electrons. The van der Waals surface area contributed by atoms with E-state index in [9.17, 15) is 0 Å². The van der Waals surface area contributed by atoms with Gasteiger partial charge in [0, 0.05) is 41.6 Å². The lowest BCUT2D eigenvalue weighted by atomic mass is 9.91. The van der Waals surface area contributed by atoms with Crippen molar-refractivity contribution < 1.29 is 0 Å². The van der Waals surface area contributed by atoms with Gasteiger partial charge in [-0.05, 0) is 89.6 Å². The first-order chi connectivity index (χ1) is 20.5. The lowest BCUT2D eigenvalue weighted by Gasteiger charge is -2.24. The fraction of sp³-hybridized carbons (Fsp3) is 0.211. The Morgan fingerprint density at radius 2 is 1.95 bits per heavy atom. The van der Waals surface area contributed by atoms with Gasteiger partial charge in [-0.25, -0.2) is 0 Å². The molecule has 0 spiro atoms. The molecule has 2 unspecified atom stereocenters. The van der Waals surface area contributed by atoms with Crippen LogP contribution in [-0.2, 0) is 0 Å². The smallest absolute Gasteiger partial charge is 0.103 e. The highest BCUT2D eigenvalue weighted by atomic mass is 32.2. The fourth-order valence-corrected chi connectivity index (χ4v) is 6.68. The van der Waals surface area contributed by atoms with Gasteiger partial charge in [-0.15, -0.1) is 6.58 Å². The van der Waals surface area contributed by atoms with Crippen LogP contribution in [0.4, 0.5) is 5.69 Å². The Bertz CT molecular complexity index is 1550. The summed E-state index contributed by atoms with van der Waals surface area (Å²) in [5.74, 6) is 0. The van der Waals surface area contributed by atoms with Crippen molar-refractivity contribution in [2.45, 2.75) is 38.1 Å². The zero-order chi connectivity index (χ0) is 29.5. The van der Waals surface area contributed by atoms with Gasteiger partial charge in [-0.2, -0.15) is 0 Å². The van der Waals surface area contributed by atoms with Gasteiger partial charge in [0.15, 0.2) is 0 Å². The van der Waals surface area contributed by atoms with Crippen LogP contribution in [0.25, 0.3) is 5.57 Å². The van der Waals surface area contributed by atoms with Gasteiger partial charge in [0.1, 0.15) is 5.37 Å². The number of anilines is 1. The molecule has 0 radical (unpaired) electrons. The normalized spacial score (nSPS) is 21.5. The number of allylic oxidation sites excluding steroid dienone is 9. The molecule has 3 aliphatic rings. The minimum absolute atomic E-state index is 0.137. The minimum Gasteiger partial charge on any atom is -0.368 e. The average molecular weight is 572 g/mol.